The van der Waals surface area contributed by atoms with E-state index in [1.54, 1.807) is 12.1 Å². The number of nitrogens with one attached hydrogen (secondary N) is 2. The zero-order valence-electron chi connectivity index (χ0n) is 12.0. The highest BCUT2D eigenvalue weighted by atomic mass is 16.2. The third-order valence-electron chi connectivity index (χ3n) is 3.09. The molecule has 0 heterocycles. The summed E-state index contributed by atoms with van der Waals surface area (Å²) in [6.45, 7) is 8.00. The summed E-state index contributed by atoms with van der Waals surface area (Å²) >= 11 is 0. The molecule has 0 aromatic heterocycles. The van der Waals surface area contributed by atoms with Crippen molar-refractivity contribution in [1.29, 1.82) is 0 Å². The minimum Gasteiger partial charge on any atom is -0.352 e. The predicted octanol–water partition coefficient (Wildman–Crippen LogP) is 2.24. The first-order valence-corrected chi connectivity index (χ1v) is 6.50. The minimum absolute atomic E-state index is 0.0634. The van der Waals surface area contributed by atoms with Gasteiger partial charge in [0.05, 0.1) is 0 Å². The van der Waals surface area contributed by atoms with Crippen molar-refractivity contribution < 1.29 is 9.59 Å². The van der Waals surface area contributed by atoms with E-state index in [0.29, 0.717) is 12.1 Å². The summed E-state index contributed by atoms with van der Waals surface area (Å²) in [5.74, 6) is -0.135. The van der Waals surface area contributed by atoms with Crippen LogP contribution in [0.15, 0.2) is 24.3 Å². The van der Waals surface area contributed by atoms with Crippen LogP contribution < -0.4 is 10.6 Å². The van der Waals surface area contributed by atoms with Gasteiger partial charge >= 0.3 is 0 Å². The third kappa shape index (κ3) is 5.12. The predicted molar refractivity (Wildman–Crippen MR) is 75.8 cm³/mol. The third-order valence-corrected chi connectivity index (χ3v) is 3.09. The van der Waals surface area contributed by atoms with Crippen molar-refractivity contribution in [3.05, 3.63) is 35.4 Å². The Morgan fingerprint density at radius 1 is 1.16 bits per heavy atom. The standard InChI is InChI=1S/C15H22N2O2/c1-5-15(3,4)17-14(19)13-8-6-12(7-9-13)10-16-11(2)18/h6-9H,5,10H2,1-4H3,(H,16,18)(H,17,19). The van der Waals surface area contributed by atoms with Gasteiger partial charge in [-0.15, -0.1) is 0 Å². The first kappa shape index (κ1) is 15.2. The van der Waals surface area contributed by atoms with Crippen LogP contribution >= 0.6 is 0 Å². The molecule has 0 radical (unpaired) electrons. The van der Waals surface area contributed by atoms with E-state index >= 15 is 0 Å². The molecule has 2 amide bonds. The average Bonchev–Trinajstić information content (AvgIpc) is 2.36. The molecule has 0 saturated heterocycles. The fourth-order valence-electron chi connectivity index (χ4n) is 1.47. The van der Waals surface area contributed by atoms with Gasteiger partial charge in [0.1, 0.15) is 0 Å². The molecule has 0 aliphatic rings. The number of rotatable bonds is 5. The summed E-state index contributed by atoms with van der Waals surface area (Å²) in [4.78, 5) is 22.8. The van der Waals surface area contributed by atoms with Gasteiger partial charge in [-0.25, -0.2) is 0 Å². The Kier molecular flexibility index (Phi) is 5.10. The molecule has 0 saturated carbocycles. The molecule has 2 N–H and O–H groups in total. The maximum Gasteiger partial charge on any atom is 0.251 e. The first-order chi connectivity index (χ1) is 8.84. The average molecular weight is 262 g/mol. The largest absolute Gasteiger partial charge is 0.352 e. The number of carbonyl (C=O) groups is 2. The molecular formula is C15H22N2O2. The Hall–Kier alpha value is -1.84. The molecule has 4 nitrogen and oxygen atoms in total. The van der Waals surface area contributed by atoms with Crippen LogP contribution in [0.3, 0.4) is 0 Å². The van der Waals surface area contributed by atoms with E-state index in [1.165, 1.54) is 6.92 Å². The maximum absolute atomic E-state index is 12.0. The van der Waals surface area contributed by atoms with Crippen molar-refractivity contribution in [2.24, 2.45) is 0 Å². The second-order valence-electron chi connectivity index (χ2n) is 5.30. The Balaban J connectivity index is 2.65. The van der Waals surface area contributed by atoms with Crippen LogP contribution in [0.25, 0.3) is 0 Å². The zero-order valence-corrected chi connectivity index (χ0v) is 12.0. The van der Waals surface area contributed by atoms with Crippen molar-refractivity contribution in [3.8, 4) is 0 Å². The number of hydrogen-bond acceptors (Lipinski definition) is 2. The summed E-state index contributed by atoms with van der Waals surface area (Å²) in [7, 11) is 0. The zero-order chi connectivity index (χ0) is 14.5. The quantitative estimate of drug-likeness (QED) is 0.855. The van der Waals surface area contributed by atoms with Gasteiger partial charge in [0, 0.05) is 24.6 Å². The Morgan fingerprint density at radius 3 is 2.21 bits per heavy atom. The molecule has 0 aliphatic carbocycles. The lowest BCUT2D eigenvalue weighted by Crippen LogP contribution is -2.42. The lowest BCUT2D eigenvalue weighted by Gasteiger charge is -2.24. The molecule has 1 aromatic carbocycles. The molecule has 0 bridgehead atoms. The van der Waals surface area contributed by atoms with Crippen LogP contribution in [-0.2, 0) is 11.3 Å². The molecule has 104 valence electrons. The van der Waals surface area contributed by atoms with Gasteiger partial charge in [-0.3, -0.25) is 9.59 Å². The van der Waals surface area contributed by atoms with Crippen LogP contribution in [0.4, 0.5) is 0 Å². The number of amides is 2. The van der Waals surface area contributed by atoms with Crippen molar-refractivity contribution >= 4 is 11.8 Å². The highest BCUT2D eigenvalue weighted by Gasteiger charge is 2.18. The highest BCUT2D eigenvalue weighted by molar-refractivity contribution is 5.94. The fourth-order valence-corrected chi connectivity index (χ4v) is 1.47. The van der Waals surface area contributed by atoms with Crippen LogP contribution in [0.2, 0.25) is 0 Å². The van der Waals surface area contributed by atoms with E-state index in [4.69, 9.17) is 0 Å². The molecule has 1 rings (SSSR count). The molecule has 19 heavy (non-hydrogen) atoms. The van der Waals surface area contributed by atoms with Gasteiger partial charge in [0.2, 0.25) is 5.91 Å². The summed E-state index contributed by atoms with van der Waals surface area (Å²) in [5, 5.41) is 5.70. The smallest absolute Gasteiger partial charge is 0.251 e. The maximum atomic E-state index is 12.0. The number of benzene rings is 1. The Bertz CT molecular complexity index is 450. The van der Waals surface area contributed by atoms with Gasteiger partial charge in [-0.05, 0) is 38.0 Å². The number of carbonyl (C=O) groups excluding carboxylic acids is 2. The van der Waals surface area contributed by atoms with Crippen molar-refractivity contribution in [2.75, 3.05) is 0 Å². The van der Waals surface area contributed by atoms with E-state index in [2.05, 4.69) is 10.6 Å². The van der Waals surface area contributed by atoms with E-state index in [0.717, 1.165) is 12.0 Å². The van der Waals surface area contributed by atoms with E-state index < -0.39 is 0 Å². The van der Waals surface area contributed by atoms with Gasteiger partial charge < -0.3 is 10.6 Å². The van der Waals surface area contributed by atoms with Crippen LogP contribution in [0.1, 0.15) is 50.0 Å². The summed E-state index contributed by atoms with van der Waals surface area (Å²) in [5.41, 5.74) is 1.40. The second kappa shape index (κ2) is 6.36. The van der Waals surface area contributed by atoms with E-state index in [1.807, 2.05) is 32.9 Å². The molecule has 0 fully saturated rings. The van der Waals surface area contributed by atoms with Crippen LogP contribution in [0, 0.1) is 0 Å². The van der Waals surface area contributed by atoms with Gasteiger partial charge in [-0.1, -0.05) is 19.1 Å². The first-order valence-electron chi connectivity index (χ1n) is 6.50. The Labute approximate surface area is 114 Å². The monoisotopic (exact) mass is 262 g/mol. The van der Waals surface area contributed by atoms with E-state index in [9.17, 15) is 9.59 Å². The summed E-state index contributed by atoms with van der Waals surface area (Å²) in [6, 6.07) is 7.25. The molecule has 1 aromatic rings. The van der Waals surface area contributed by atoms with Crippen LogP contribution in [0.5, 0.6) is 0 Å². The second-order valence-corrected chi connectivity index (χ2v) is 5.30. The van der Waals surface area contributed by atoms with Gasteiger partial charge in [0.25, 0.3) is 5.91 Å². The summed E-state index contributed by atoms with van der Waals surface area (Å²) < 4.78 is 0. The molecule has 4 heteroatoms. The summed E-state index contributed by atoms with van der Waals surface area (Å²) in [6.07, 6.45) is 0.874. The molecule has 0 unspecified atom stereocenters. The lowest BCUT2D eigenvalue weighted by molar-refractivity contribution is -0.119. The lowest BCUT2D eigenvalue weighted by atomic mass is 10.0. The number of hydrogen-bond donors (Lipinski definition) is 2. The van der Waals surface area contributed by atoms with E-state index in [-0.39, 0.29) is 17.4 Å². The Morgan fingerprint density at radius 2 is 1.74 bits per heavy atom. The van der Waals surface area contributed by atoms with Crippen LogP contribution in [-0.4, -0.2) is 17.4 Å². The van der Waals surface area contributed by atoms with Crippen molar-refractivity contribution in [1.82, 2.24) is 10.6 Å². The highest BCUT2D eigenvalue weighted by Crippen LogP contribution is 2.10. The molecule has 0 spiro atoms. The topological polar surface area (TPSA) is 58.2 Å². The molecular weight excluding hydrogens is 240 g/mol. The minimum atomic E-state index is -0.202. The molecule has 0 atom stereocenters. The van der Waals surface area contributed by atoms with Gasteiger partial charge in [0.15, 0.2) is 0 Å². The molecule has 0 aliphatic heterocycles. The van der Waals surface area contributed by atoms with Gasteiger partial charge in [-0.2, -0.15) is 0 Å². The SMILES string of the molecule is CCC(C)(C)NC(=O)c1ccc(CNC(C)=O)cc1. The van der Waals surface area contributed by atoms with Crippen molar-refractivity contribution in [2.45, 2.75) is 46.2 Å². The fraction of sp³-hybridized carbons (Fsp3) is 0.467. The normalized spacial score (nSPS) is 10.9. The van der Waals surface area contributed by atoms with Crippen molar-refractivity contribution in [3.63, 3.8) is 0 Å².